The molecule has 8 heteroatoms. The molecule has 0 radical (unpaired) electrons. The summed E-state index contributed by atoms with van der Waals surface area (Å²) in [6.07, 6.45) is 0. The van der Waals surface area contributed by atoms with Crippen LogP contribution in [0.5, 0.6) is 0 Å². The van der Waals surface area contributed by atoms with Crippen LogP contribution in [0.2, 0.25) is 0 Å². The first kappa shape index (κ1) is 26.6. The number of rotatable bonds is 10. The summed E-state index contributed by atoms with van der Waals surface area (Å²) in [6.45, 7) is 11.2. The number of nitrogens with zero attached hydrogens (tertiary/aromatic N) is 2. The Hall–Kier alpha value is -2.97. The number of benzene rings is 2. The Balaban J connectivity index is 1.99. The maximum Gasteiger partial charge on any atom is 0.262 e. The molecular weight excluding hydrogens is 462 g/mol. The molecule has 3 aromatic rings. The fourth-order valence-electron chi connectivity index (χ4n) is 3.67. The molecule has 2 aromatic carbocycles. The average molecular weight is 496 g/mol. The number of fused-ring (bicyclic) bond motifs is 1. The number of aryl methyl sites for hydroxylation is 2. The number of ketones is 1. The highest BCUT2D eigenvalue weighted by Crippen LogP contribution is 2.26. The van der Waals surface area contributed by atoms with Gasteiger partial charge in [0.2, 0.25) is 0 Å². The topological polar surface area (TPSA) is 90.3 Å². The molecule has 0 aliphatic rings. The van der Waals surface area contributed by atoms with Gasteiger partial charge in [0.05, 0.1) is 22.8 Å². The summed E-state index contributed by atoms with van der Waals surface area (Å²) >= 11 is 1.27. The summed E-state index contributed by atoms with van der Waals surface area (Å²) in [4.78, 5) is 43.8. The van der Waals surface area contributed by atoms with Gasteiger partial charge in [0.15, 0.2) is 10.9 Å². The zero-order valence-electron chi connectivity index (χ0n) is 21.2. The number of hydrogen-bond acceptors (Lipinski definition) is 6. The van der Waals surface area contributed by atoms with Crippen molar-refractivity contribution in [1.29, 1.82) is 0 Å². The fraction of sp³-hybridized carbons (Fsp3) is 0.407. The predicted molar refractivity (Wildman–Crippen MR) is 141 cm³/mol. The van der Waals surface area contributed by atoms with E-state index in [1.165, 1.54) is 11.8 Å². The van der Waals surface area contributed by atoms with E-state index in [4.69, 9.17) is 9.72 Å². The number of carbonyl (C=O) groups is 2. The second kappa shape index (κ2) is 11.6. The second-order valence-electron chi connectivity index (χ2n) is 9.11. The minimum Gasteiger partial charge on any atom is -0.383 e. The Morgan fingerprint density at radius 3 is 2.43 bits per heavy atom. The van der Waals surface area contributed by atoms with E-state index >= 15 is 0 Å². The molecule has 0 bridgehead atoms. The summed E-state index contributed by atoms with van der Waals surface area (Å²) in [5, 5.41) is 3.25. The Bertz CT molecular complexity index is 1300. The molecule has 7 nitrogen and oxygen atoms in total. The average Bonchev–Trinajstić information content (AvgIpc) is 2.82. The van der Waals surface area contributed by atoms with Crippen LogP contribution in [0.4, 0.5) is 0 Å². The largest absolute Gasteiger partial charge is 0.383 e. The highest BCUT2D eigenvalue weighted by molar-refractivity contribution is 8.00. The molecule has 1 amide bonds. The van der Waals surface area contributed by atoms with E-state index in [9.17, 15) is 14.4 Å². The molecule has 186 valence electrons. The number of Topliss-reactive ketones (excluding diaryl/α,β-unsaturated/α-hetero) is 1. The molecule has 0 saturated carbocycles. The van der Waals surface area contributed by atoms with Crippen LogP contribution in [0.3, 0.4) is 0 Å². The van der Waals surface area contributed by atoms with Crippen molar-refractivity contribution < 1.29 is 14.3 Å². The Kier molecular flexibility index (Phi) is 8.86. The number of thioether (sulfide) groups is 1. The Morgan fingerprint density at radius 2 is 1.77 bits per heavy atom. The van der Waals surface area contributed by atoms with Gasteiger partial charge in [0.25, 0.3) is 11.5 Å². The summed E-state index contributed by atoms with van der Waals surface area (Å²) in [5.74, 6) is -0.0673. The number of methoxy groups -OCH3 is 1. The van der Waals surface area contributed by atoms with E-state index in [0.717, 1.165) is 11.1 Å². The number of nitrogens with one attached hydrogen (secondary N) is 1. The molecule has 1 N–H and O–H groups in total. The normalized spacial score (nSPS) is 12.2. The SMILES string of the molecule is COCCNC(=O)c1ccc2c(=O)n(CC(C)C)c(S[C@@H](C)C(=O)c3ccc(C)c(C)c3)nc2c1. The maximum atomic E-state index is 13.4. The molecule has 3 rings (SSSR count). The van der Waals surface area contributed by atoms with Crippen molar-refractivity contribution in [1.82, 2.24) is 14.9 Å². The lowest BCUT2D eigenvalue weighted by molar-refractivity contribution is 0.0936. The van der Waals surface area contributed by atoms with Gasteiger partial charge in [-0.3, -0.25) is 19.0 Å². The lowest BCUT2D eigenvalue weighted by Crippen LogP contribution is -2.28. The summed E-state index contributed by atoms with van der Waals surface area (Å²) < 4.78 is 6.61. The highest BCUT2D eigenvalue weighted by Gasteiger charge is 2.22. The van der Waals surface area contributed by atoms with Crippen molar-refractivity contribution in [2.75, 3.05) is 20.3 Å². The van der Waals surface area contributed by atoms with E-state index in [1.807, 2.05) is 52.8 Å². The van der Waals surface area contributed by atoms with E-state index in [1.54, 1.807) is 29.9 Å². The Labute approximate surface area is 210 Å². The van der Waals surface area contributed by atoms with Gasteiger partial charge in [-0.25, -0.2) is 4.98 Å². The summed E-state index contributed by atoms with van der Waals surface area (Å²) in [6, 6.07) is 10.6. The van der Waals surface area contributed by atoms with Crippen molar-refractivity contribution in [3.05, 3.63) is 69.0 Å². The van der Waals surface area contributed by atoms with Gasteiger partial charge in [0, 0.05) is 31.3 Å². The standard InChI is InChI=1S/C27H33N3O4S/c1-16(2)15-30-26(33)22-10-9-21(25(32)28-11-12-34-6)14-23(22)29-27(30)35-19(5)24(31)20-8-7-17(3)18(4)13-20/h7-10,13-14,16,19H,11-12,15H2,1-6H3,(H,28,32)/t19-/m0/s1. The smallest absolute Gasteiger partial charge is 0.262 e. The van der Waals surface area contributed by atoms with Gasteiger partial charge in [-0.15, -0.1) is 0 Å². The van der Waals surface area contributed by atoms with Crippen molar-refractivity contribution in [2.45, 2.75) is 51.6 Å². The minimum absolute atomic E-state index is 0.0187. The van der Waals surface area contributed by atoms with Crippen molar-refractivity contribution in [3.8, 4) is 0 Å². The van der Waals surface area contributed by atoms with Gasteiger partial charge < -0.3 is 10.1 Å². The first-order valence-corrected chi connectivity index (χ1v) is 12.6. The third-order valence-electron chi connectivity index (χ3n) is 5.76. The molecular formula is C27H33N3O4S. The van der Waals surface area contributed by atoms with E-state index < -0.39 is 5.25 Å². The van der Waals surface area contributed by atoms with Crippen LogP contribution in [0.1, 0.15) is 52.6 Å². The molecule has 0 aliphatic carbocycles. The van der Waals surface area contributed by atoms with E-state index in [2.05, 4.69) is 5.32 Å². The summed E-state index contributed by atoms with van der Waals surface area (Å²) in [5.41, 5.74) is 3.50. The van der Waals surface area contributed by atoms with E-state index in [-0.39, 0.29) is 23.2 Å². The third-order valence-corrected chi connectivity index (χ3v) is 6.85. The third kappa shape index (κ3) is 6.38. The lowest BCUT2D eigenvalue weighted by Gasteiger charge is -2.18. The molecule has 0 spiro atoms. The highest BCUT2D eigenvalue weighted by atomic mass is 32.2. The van der Waals surface area contributed by atoms with Gasteiger partial charge in [-0.1, -0.05) is 37.7 Å². The van der Waals surface area contributed by atoms with Crippen LogP contribution >= 0.6 is 11.8 Å². The molecule has 0 unspecified atom stereocenters. The minimum atomic E-state index is -0.444. The molecule has 1 atom stereocenters. The van der Waals surface area contributed by atoms with Gasteiger partial charge in [-0.2, -0.15) is 0 Å². The fourth-order valence-corrected chi connectivity index (χ4v) is 4.66. The number of hydrogen-bond donors (Lipinski definition) is 1. The predicted octanol–water partition coefficient (Wildman–Crippen LogP) is 4.41. The van der Waals surface area contributed by atoms with E-state index in [0.29, 0.717) is 46.9 Å². The van der Waals surface area contributed by atoms with Crippen LogP contribution in [0.15, 0.2) is 46.3 Å². The molecule has 1 heterocycles. The van der Waals surface area contributed by atoms with Gasteiger partial charge in [0.1, 0.15) is 0 Å². The number of carbonyl (C=O) groups excluding carboxylic acids is 2. The molecule has 0 saturated heterocycles. The molecule has 0 aliphatic heterocycles. The van der Waals surface area contributed by atoms with Crippen LogP contribution in [-0.4, -0.2) is 46.8 Å². The first-order chi connectivity index (χ1) is 16.6. The monoisotopic (exact) mass is 495 g/mol. The van der Waals surface area contributed by atoms with Crippen LogP contribution in [-0.2, 0) is 11.3 Å². The number of ether oxygens (including phenoxy) is 1. The van der Waals surface area contributed by atoms with Crippen molar-refractivity contribution in [2.24, 2.45) is 5.92 Å². The van der Waals surface area contributed by atoms with Crippen molar-refractivity contribution in [3.63, 3.8) is 0 Å². The maximum absolute atomic E-state index is 13.4. The zero-order chi connectivity index (χ0) is 25.7. The van der Waals surface area contributed by atoms with Gasteiger partial charge in [-0.05, 0) is 62.1 Å². The zero-order valence-corrected chi connectivity index (χ0v) is 22.0. The quantitative estimate of drug-likeness (QED) is 0.194. The molecule has 0 fully saturated rings. The molecule has 1 aromatic heterocycles. The van der Waals surface area contributed by atoms with Crippen LogP contribution in [0, 0.1) is 19.8 Å². The Morgan fingerprint density at radius 1 is 1.06 bits per heavy atom. The van der Waals surface area contributed by atoms with Crippen LogP contribution in [0.25, 0.3) is 10.9 Å². The van der Waals surface area contributed by atoms with Crippen molar-refractivity contribution >= 4 is 34.4 Å². The molecule has 35 heavy (non-hydrogen) atoms. The summed E-state index contributed by atoms with van der Waals surface area (Å²) in [7, 11) is 1.57. The van der Waals surface area contributed by atoms with Crippen LogP contribution < -0.4 is 10.9 Å². The number of aromatic nitrogens is 2. The first-order valence-electron chi connectivity index (χ1n) is 11.7. The number of amides is 1. The van der Waals surface area contributed by atoms with Gasteiger partial charge >= 0.3 is 0 Å². The second-order valence-corrected chi connectivity index (χ2v) is 10.4. The lowest BCUT2D eigenvalue weighted by atomic mass is 10.0.